The maximum absolute atomic E-state index is 12.1. The van der Waals surface area contributed by atoms with Gasteiger partial charge in [-0.1, -0.05) is 6.92 Å². The lowest BCUT2D eigenvalue weighted by molar-refractivity contribution is -0.150. The summed E-state index contributed by atoms with van der Waals surface area (Å²) in [7, 11) is 0. The molecule has 0 aromatic rings. The van der Waals surface area contributed by atoms with E-state index in [9.17, 15) is 9.59 Å². The molecule has 2 rings (SSSR count). The van der Waals surface area contributed by atoms with Crippen LogP contribution in [0.5, 0.6) is 0 Å². The first-order valence-corrected chi connectivity index (χ1v) is 5.85. The van der Waals surface area contributed by atoms with Crippen molar-refractivity contribution in [1.29, 1.82) is 0 Å². The summed E-state index contributed by atoms with van der Waals surface area (Å²) in [5, 5.41) is 12.3. The molecule has 2 fully saturated rings. The minimum atomic E-state index is -0.871. The Bertz CT molecular complexity index is 300. The fourth-order valence-electron chi connectivity index (χ4n) is 2.67. The topological polar surface area (TPSA) is 69.6 Å². The van der Waals surface area contributed by atoms with Crippen molar-refractivity contribution in [2.45, 2.75) is 25.8 Å². The molecule has 0 bridgehead atoms. The quantitative estimate of drug-likeness (QED) is 0.691. The zero-order chi connectivity index (χ0) is 11.7. The lowest BCUT2D eigenvalue weighted by atomic mass is 10.0. The molecule has 3 unspecified atom stereocenters. The van der Waals surface area contributed by atoms with Gasteiger partial charge in [-0.2, -0.15) is 0 Å². The molecular weight excluding hydrogens is 208 g/mol. The first-order chi connectivity index (χ1) is 7.61. The zero-order valence-electron chi connectivity index (χ0n) is 9.48. The van der Waals surface area contributed by atoms with Crippen LogP contribution in [0.4, 0.5) is 0 Å². The average Bonchev–Trinajstić information content (AvgIpc) is 2.84. The highest BCUT2D eigenvalue weighted by Crippen LogP contribution is 2.26. The van der Waals surface area contributed by atoms with Crippen LogP contribution >= 0.6 is 0 Å². The smallest absolute Gasteiger partial charge is 0.326 e. The van der Waals surface area contributed by atoms with E-state index in [4.69, 9.17) is 5.11 Å². The van der Waals surface area contributed by atoms with Crippen molar-refractivity contribution in [3.8, 4) is 0 Å². The van der Waals surface area contributed by atoms with Crippen LogP contribution in [-0.4, -0.2) is 47.6 Å². The first kappa shape index (κ1) is 11.4. The lowest BCUT2D eigenvalue weighted by Crippen LogP contribution is -2.45. The number of carboxylic acids is 1. The minimum absolute atomic E-state index is 0.0155. The summed E-state index contributed by atoms with van der Waals surface area (Å²) in [6.45, 7) is 4.04. The second kappa shape index (κ2) is 4.41. The predicted octanol–water partition coefficient (Wildman–Crippen LogP) is -0.0825. The van der Waals surface area contributed by atoms with Gasteiger partial charge in [0.15, 0.2) is 0 Å². The van der Waals surface area contributed by atoms with E-state index in [-0.39, 0.29) is 17.7 Å². The Labute approximate surface area is 94.8 Å². The van der Waals surface area contributed by atoms with Crippen molar-refractivity contribution in [3.63, 3.8) is 0 Å². The summed E-state index contributed by atoms with van der Waals surface area (Å²) < 4.78 is 0. The molecule has 2 aliphatic rings. The van der Waals surface area contributed by atoms with Gasteiger partial charge in [0.05, 0.1) is 5.92 Å². The molecule has 5 heteroatoms. The van der Waals surface area contributed by atoms with Crippen LogP contribution in [0.25, 0.3) is 0 Å². The van der Waals surface area contributed by atoms with Gasteiger partial charge in [-0.25, -0.2) is 4.79 Å². The molecule has 90 valence electrons. The number of carboxylic acid groups (broad SMARTS) is 1. The van der Waals surface area contributed by atoms with Gasteiger partial charge in [-0.15, -0.1) is 0 Å². The Hall–Kier alpha value is -1.10. The molecular formula is C11H18N2O3. The SMILES string of the molecule is CC1CCN(C(=O)C2CCNC2)C1C(=O)O. The normalized spacial score (nSPS) is 34.3. The molecule has 0 aromatic heterocycles. The molecule has 2 N–H and O–H groups in total. The maximum Gasteiger partial charge on any atom is 0.326 e. The van der Waals surface area contributed by atoms with Crippen molar-refractivity contribution >= 4 is 11.9 Å². The Morgan fingerprint density at radius 1 is 1.38 bits per heavy atom. The number of hydrogen-bond acceptors (Lipinski definition) is 3. The van der Waals surface area contributed by atoms with E-state index >= 15 is 0 Å². The highest BCUT2D eigenvalue weighted by molar-refractivity contribution is 5.86. The summed E-state index contributed by atoms with van der Waals surface area (Å²) in [5.41, 5.74) is 0. The third-order valence-corrected chi connectivity index (χ3v) is 3.65. The third-order valence-electron chi connectivity index (χ3n) is 3.65. The van der Waals surface area contributed by atoms with Gasteiger partial charge in [0.1, 0.15) is 6.04 Å². The van der Waals surface area contributed by atoms with E-state index < -0.39 is 12.0 Å². The van der Waals surface area contributed by atoms with Crippen LogP contribution in [0.2, 0.25) is 0 Å². The number of rotatable bonds is 2. The van der Waals surface area contributed by atoms with E-state index in [1.54, 1.807) is 4.90 Å². The number of aliphatic carboxylic acids is 1. The molecule has 5 nitrogen and oxygen atoms in total. The Balaban J connectivity index is 2.07. The molecule has 0 radical (unpaired) electrons. The van der Waals surface area contributed by atoms with E-state index in [0.717, 1.165) is 19.4 Å². The highest BCUT2D eigenvalue weighted by atomic mass is 16.4. The summed E-state index contributed by atoms with van der Waals surface area (Å²) >= 11 is 0. The molecule has 0 aromatic carbocycles. The number of hydrogen-bond donors (Lipinski definition) is 2. The summed E-state index contributed by atoms with van der Waals surface area (Å²) in [5.74, 6) is -0.811. The lowest BCUT2D eigenvalue weighted by Gasteiger charge is -2.25. The summed E-state index contributed by atoms with van der Waals surface area (Å²) in [4.78, 5) is 24.8. The molecule has 2 saturated heterocycles. The van der Waals surface area contributed by atoms with Crippen LogP contribution < -0.4 is 5.32 Å². The average molecular weight is 226 g/mol. The number of likely N-dealkylation sites (tertiary alicyclic amines) is 1. The monoisotopic (exact) mass is 226 g/mol. The van der Waals surface area contributed by atoms with E-state index in [1.807, 2.05) is 6.92 Å². The van der Waals surface area contributed by atoms with Crippen molar-refractivity contribution in [3.05, 3.63) is 0 Å². The minimum Gasteiger partial charge on any atom is -0.480 e. The molecule has 16 heavy (non-hydrogen) atoms. The number of amides is 1. The predicted molar refractivity (Wildman–Crippen MR) is 57.9 cm³/mol. The standard InChI is InChI=1S/C11H18N2O3/c1-7-3-5-13(9(7)11(15)16)10(14)8-2-4-12-6-8/h7-9,12H,2-6H2,1H3,(H,15,16). The summed E-state index contributed by atoms with van der Waals surface area (Å²) in [6.07, 6.45) is 1.62. The van der Waals surface area contributed by atoms with Crippen molar-refractivity contribution in [1.82, 2.24) is 10.2 Å². The zero-order valence-corrected chi connectivity index (χ0v) is 9.48. The largest absolute Gasteiger partial charge is 0.480 e. The van der Waals surface area contributed by atoms with Gasteiger partial charge in [0.2, 0.25) is 5.91 Å². The van der Waals surface area contributed by atoms with Crippen molar-refractivity contribution < 1.29 is 14.7 Å². The van der Waals surface area contributed by atoms with E-state index in [0.29, 0.717) is 13.1 Å². The van der Waals surface area contributed by atoms with Crippen molar-refractivity contribution in [2.75, 3.05) is 19.6 Å². The molecule has 1 amide bonds. The van der Waals surface area contributed by atoms with Gasteiger partial charge in [-0.05, 0) is 25.3 Å². The Morgan fingerprint density at radius 3 is 2.69 bits per heavy atom. The van der Waals surface area contributed by atoms with E-state index in [2.05, 4.69) is 5.32 Å². The van der Waals surface area contributed by atoms with Gasteiger partial charge in [-0.3, -0.25) is 4.79 Å². The van der Waals surface area contributed by atoms with Crippen LogP contribution in [0.15, 0.2) is 0 Å². The molecule has 2 heterocycles. The van der Waals surface area contributed by atoms with Gasteiger partial charge in [0.25, 0.3) is 0 Å². The van der Waals surface area contributed by atoms with Gasteiger partial charge >= 0.3 is 5.97 Å². The number of nitrogens with one attached hydrogen (secondary N) is 1. The van der Waals surface area contributed by atoms with Crippen LogP contribution in [0, 0.1) is 11.8 Å². The molecule has 0 spiro atoms. The fourth-order valence-corrected chi connectivity index (χ4v) is 2.67. The van der Waals surface area contributed by atoms with Gasteiger partial charge in [0, 0.05) is 13.1 Å². The van der Waals surface area contributed by atoms with Crippen LogP contribution in [0.3, 0.4) is 0 Å². The molecule has 2 aliphatic heterocycles. The van der Waals surface area contributed by atoms with Crippen LogP contribution in [-0.2, 0) is 9.59 Å². The molecule has 0 saturated carbocycles. The number of carbonyl (C=O) groups is 2. The maximum atomic E-state index is 12.1. The molecule has 3 atom stereocenters. The highest BCUT2D eigenvalue weighted by Gasteiger charge is 2.41. The second-order valence-electron chi connectivity index (χ2n) is 4.77. The van der Waals surface area contributed by atoms with E-state index in [1.165, 1.54) is 0 Å². The molecule has 0 aliphatic carbocycles. The third kappa shape index (κ3) is 1.91. The Morgan fingerprint density at radius 2 is 2.12 bits per heavy atom. The van der Waals surface area contributed by atoms with Crippen molar-refractivity contribution in [2.24, 2.45) is 11.8 Å². The fraction of sp³-hybridized carbons (Fsp3) is 0.818. The number of nitrogens with zero attached hydrogens (tertiary/aromatic N) is 1. The Kier molecular flexibility index (Phi) is 3.14. The first-order valence-electron chi connectivity index (χ1n) is 5.85. The summed E-state index contributed by atoms with van der Waals surface area (Å²) in [6, 6.07) is -0.618. The second-order valence-corrected chi connectivity index (χ2v) is 4.77. The number of carbonyl (C=O) groups excluding carboxylic acids is 1. The van der Waals surface area contributed by atoms with Crippen LogP contribution in [0.1, 0.15) is 19.8 Å². The van der Waals surface area contributed by atoms with Gasteiger partial charge < -0.3 is 15.3 Å².